The number of ether oxygens (including phenoxy) is 3. The number of non-ortho nitro benzene ring substituents is 1. The van der Waals surface area contributed by atoms with Crippen molar-refractivity contribution in [2.75, 3.05) is 6.79 Å². The van der Waals surface area contributed by atoms with Crippen molar-refractivity contribution in [1.29, 1.82) is 0 Å². The second-order valence-corrected chi connectivity index (χ2v) is 8.00. The molecule has 0 unspecified atom stereocenters. The third-order valence-electron chi connectivity index (χ3n) is 5.43. The molecule has 0 radical (unpaired) electrons. The molecule has 1 aliphatic rings. The van der Waals surface area contributed by atoms with Crippen LogP contribution < -0.4 is 4.74 Å². The van der Waals surface area contributed by atoms with Crippen molar-refractivity contribution in [3.63, 3.8) is 0 Å². The number of hydrogen-bond donors (Lipinski definition) is 0. The summed E-state index contributed by atoms with van der Waals surface area (Å²) in [6.45, 7) is -0.0169. The number of aromatic nitrogens is 1. The van der Waals surface area contributed by atoms with E-state index in [1.165, 1.54) is 12.1 Å². The number of nitro groups is 1. The number of carbonyl (C=O) groups excluding carboxylic acids is 1. The minimum atomic E-state index is -0.598. The predicted molar refractivity (Wildman–Crippen MR) is 125 cm³/mol. The Labute approximate surface area is 198 Å². The molecule has 0 saturated carbocycles. The van der Waals surface area contributed by atoms with Gasteiger partial charge in [0.15, 0.2) is 6.79 Å². The summed E-state index contributed by atoms with van der Waals surface area (Å²) in [5.41, 5.74) is 2.93. The molecule has 0 bridgehead atoms. The number of benzene rings is 3. The van der Waals surface area contributed by atoms with E-state index in [2.05, 4.69) is 4.98 Å². The highest BCUT2D eigenvalue weighted by Gasteiger charge is 2.23. The molecule has 0 aliphatic carbocycles. The zero-order chi connectivity index (χ0) is 23.7. The summed E-state index contributed by atoms with van der Waals surface area (Å²) in [4.78, 5) is 28.7. The second-order valence-electron chi connectivity index (χ2n) is 7.59. The first-order chi connectivity index (χ1) is 16.5. The number of hydrogen-bond acceptors (Lipinski definition) is 7. The Morgan fingerprint density at radius 3 is 2.74 bits per heavy atom. The fraction of sp³-hybridized carbons (Fsp3) is 0.120. The average molecular weight is 477 g/mol. The van der Waals surface area contributed by atoms with Gasteiger partial charge in [-0.05, 0) is 18.2 Å². The van der Waals surface area contributed by atoms with Gasteiger partial charge in [-0.15, -0.1) is 0 Å². The van der Waals surface area contributed by atoms with Gasteiger partial charge in [0.1, 0.15) is 12.4 Å². The van der Waals surface area contributed by atoms with Crippen molar-refractivity contribution in [2.24, 2.45) is 0 Å². The summed E-state index contributed by atoms with van der Waals surface area (Å²) in [5.74, 6) is -0.166. The van der Waals surface area contributed by atoms with E-state index >= 15 is 0 Å². The summed E-state index contributed by atoms with van der Waals surface area (Å²) in [6, 6.07) is 18.8. The maximum atomic E-state index is 13.2. The minimum absolute atomic E-state index is 0.0158. The monoisotopic (exact) mass is 476 g/mol. The Morgan fingerprint density at radius 2 is 1.91 bits per heavy atom. The van der Waals surface area contributed by atoms with Crippen LogP contribution in [0.1, 0.15) is 21.5 Å². The van der Waals surface area contributed by atoms with Gasteiger partial charge < -0.3 is 14.2 Å². The first-order valence-electron chi connectivity index (χ1n) is 10.3. The van der Waals surface area contributed by atoms with Gasteiger partial charge in [-0.1, -0.05) is 48.0 Å². The minimum Gasteiger partial charge on any atom is -0.467 e. The molecular weight excluding hydrogens is 460 g/mol. The Bertz CT molecular complexity index is 1440. The lowest BCUT2D eigenvalue weighted by Gasteiger charge is -2.20. The van der Waals surface area contributed by atoms with E-state index in [4.69, 9.17) is 25.8 Å². The van der Waals surface area contributed by atoms with Gasteiger partial charge in [0.2, 0.25) is 0 Å². The molecule has 1 aliphatic heterocycles. The standard InChI is InChI=1S/C25H17ClN2O6/c26-21-7-3-1-6-19(21)23-11-20(18-5-2-4-8-22(18)27-23)25(29)33-13-16-10-17(28(30)31)9-15-12-32-14-34-24(15)16/h1-11H,12-14H2. The van der Waals surface area contributed by atoms with Crippen LogP contribution in [0.5, 0.6) is 5.75 Å². The lowest BCUT2D eigenvalue weighted by molar-refractivity contribution is -0.385. The van der Waals surface area contributed by atoms with E-state index in [1.54, 1.807) is 30.3 Å². The lowest BCUT2D eigenvalue weighted by Crippen LogP contribution is -2.15. The SMILES string of the molecule is O=C(OCc1cc([N+](=O)[O-])cc2c1OCOC2)c1cc(-c2ccccc2Cl)nc2ccccc12. The van der Waals surface area contributed by atoms with Gasteiger partial charge in [-0.3, -0.25) is 10.1 Å². The first-order valence-corrected chi connectivity index (χ1v) is 10.7. The van der Waals surface area contributed by atoms with Crippen LogP contribution in [0.25, 0.3) is 22.2 Å². The largest absolute Gasteiger partial charge is 0.467 e. The molecular formula is C25H17ClN2O6. The average Bonchev–Trinajstić information content (AvgIpc) is 2.86. The normalized spacial score (nSPS) is 12.6. The molecule has 0 fully saturated rings. The van der Waals surface area contributed by atoms with Gasteiger partial charge in [-0.2, -0.15) is 0 Å². The van der Waals surface area contributed by atoms with Crippen molar-refractivity contribution in [1.82, 2.24) is 4.98 Å². The van der Waals surface area contributed by atoms with Crippen LogP contribution in [0.15, 0.2) is 66.7 Å². The smallest absolute Gasteiger partial charge is 0.339 e. The van der Waals surface area contributed by atoms with E-state index in [9.17, 15) is 14.9 Å². The van der Waals surface area contributed by atoms with Gasteiger partial charge in [0.25, 0.3) is 5.69 Å². The highest BCUT2D eigenvalue weighted by atomic mass is 35.5. The first kappa shape index (κ1) is 21.8. The third kappa shape index (κ3) is 4.16. The fourth-order valence-corrected chi connectivity index (χ4v) is 4.10. The molecule has 0 atom stereocenters. The van der Waals surface area contributed by atoms with Crippen LogP contribution >= 0.6 is 11.6 Å². The number of para-hydroxylation sites is 1. The molecule has 34 heavy (non-hydrogen) atoms. The number of nitrogens with zero attached hydrogens (tertiary/aromatic N) is 2. The lowest BCUT2D eigenvalue weighted by atomic mass is 10.0. The van der Waals surface area contributed by atoms with Crippen molar-refractivity contribution >= 4 is 34.2 Å². The number of halogens is 1. The van der Waals surface area contributed by atoms with E-state index < -0.39 is 10.9 Å². The predicted octanol–water partition coefficient (Wildman–Crippen LogP) is 5.69. The van der Waals surface area contributed by atoms with Crippen molar-refractivity contribution in [3.05, 3.63) is 98.6 Å². The quantitative estimate of drug-likeness (QED) is 0.207. The van der Waals surface area contributed by atoms with Crippen LogP contribution in [-0.4, -0.2) is 22.7 Å². The molecule has 1 aromatic heterocycles. The molecule has 0 saturated heterocycles. The number of rotatable bonds is 5. The number of esters is 1. The van der Waals surface area contributed by atoms with Crippen molar-refractivity contribution in [3.8, 4) is 17.0 Å². The molecule has 2 heterocycles. The van der Waals surface area contributed by atoms with E-state index in [1.807, 2.05) is 24.3 Å². The third-order valence-corrected chi connectivity index (χ3v) is 5.76. The Hall–Kier alpha value is -4.01. The number of fused-ring (bicyclic) bond motifs is 2. The highest BCUT2D eigenvalue weighted by molar-refractivity contribution is 6.33. The van der Waals surface area contributed by atoms with E-state index in [0.29, 0.717) is 49.6 Å². The van der Waals surface area contributed by atoms with Crippen LogP contribution in [-0.2, 0) is 22.7 Å². The van der Waals surface area contributed by atoms with E-state index in [0.717, 1.165) is 0 Å². The summed E-state index contributed by atoms with van der Waals surface area (Å²) in [6.07, 6.45) is 0. The molecule has 4 aromatic rings. The molecule has 0 spiro atoms. The molecule has 170 valence electrons. The summed E-state index contributed by atoms with van der Waals surface area (Å²) >= 11 is 6.36. The molecule has 8 nitrogen and oxygen atoms in total. The fourth-order valence-electron chi connectivity index (χ4n) is 3.87. The molecule has 3 aromatic carbocycles. The molecule has 0 N–H and O–H groups in total. The Kier molecular flexibility index (Phi) is 5.83. The van der Waals surface area contributed by atoms with Crippen molar-refractivity contribution in [2.45, 2.75) is 13.2 Å². The van der Waals surface area contributed by atoms with E-state index in [-0.39, 0.29) is 25.7 Å². The van der Waals surface area contributed by atoms with Gasteiger partial charge >= 0.3 is 5.97 Å². The Balaban J connectivity index is 1.51. The maximum Gasteiger partial charge on any atom is 0.339 e. The molecule has 5 rings (SSSR count). The Morgan fingerprint density at radius 1 is 1.12 bits per heavy atom. The van der Waals surface area contributed by atoms with Crippen LogP contribution in [0, 0.1) is 10.1 Å². The van der Waals surface area contributed by atoms with Gasteiger partial charge in [0, 0.05) is 39.2 Å². The zero-order valence-corrected chi connectivity index (χ0v) is 18.4. The van der Waals surface area contributed by atoms with Gasteiger partial charge in [-0.25, -0.2) is 9.78 Å². The van der Waals surface area contributed by atoms with Crippen LogP contribution in [0.4, 0.5) is 5.69 Å². The second kappa shape index (κ2) is 9.09. The van der Waals surface area contributed by atoms with Gasteiger partial charge in [0.05, 0.1) is 28.3 Å². The topological polar surface area (TPSA) is 101 Å². The van der Waals surface area contributed by atoms with Crippen LogP contribution in [0.3, 0.4) is 0 Å². The maximum absolute atomic E-state index is 13.2. The highest BCUT2D eigenvalue weighted by Crippen LogP contribution is 2.34. The zero-order valence-electron chi connectivity index (χ0n) is 17.7. The number of carbonyl (C=O) groups is 1. The summed E-state index contributed by atoms with van der Waals surface area (Å²) < 4.78 is 16.4. The number of pyridine rings is 1. The summed E-state index contributed by atoms with van der Waals surface area (Å²) in [7, 11) is 0. The molecule has 0 amide bonds. The molecule has 9 heteroatoms. The van der Waals surface area contributed by atoms with Crippen LogP contribution in [0.2, 0.25) is 5.02 Å². The summed E-state index contributed by atoms with van der Waals surface area (Å²) in [5, 5.41) is 12.5. The number of nitro benzene ring substituents is 1. The van der Waals surface area contributed by atoms with Crippen molar-refractivity contribution < 1.29 is 23.9 Å².